The normalized spacial score (nSPS) is 10.8. The van der Waals surface area contributed by atoms with Crippen molar-refractivity contribution in [1.29, 1.82) is 0 Å². The van der Waals surface area contributed by atoms with Gasteiger partial charge in [-0.3, -0.25) is 14.2 Å². The van der Waals surface area contributed by atoms with Crippen LogP contribution < -0.4 is 5.56 Å². The Bertz CT molecular complexity index is 933. The van der Waals surface area contributed by atoms with E-state index in [2.05, 4.69) is 4.98 Å². The largest absolute Gasteiger partial charge is 0.480 e. The monoisotopic (exact) mass is 312 g/mol. The molecule has 0 radical (unpaired) electrons. The highest BCUT2D eigenvalue weighted by atomic mass is 19.1. The summed E-state index contributed by atoms with van der Waals surface area (Å²) in [6.07, 6.45) is 0.212. The van der Waals surface area contributed by atoms with Crippen molar-refractivity contribution in [2.24, 2.45) is 0 Å². The first-order valence-electron chi connectivity index (χ1n) is 6.99. The zero-order valence-corrected chi connectivity index (χ0v) is 12.1. The number of para-hydroxylation sites is 2. The van der Waals surface area contributed by atoms with Crippen LogP contribution in [-0.4, -0.2) is 20.6 Å². The average Bonchev–Trinajstić information content (AvgIpc) is 2.53. The number of hydrogen-bond donors (Lipinski definition) is 1. The Hall–Kier alpha value is -3.02. The Kier molecular flexibility index (Phi) is 3.89. The maximum absolute atomic E-state index is 13.0. The van der Waals surface area contributed by atoms with Crippen molar-refractivity contribution in [3.63, 3.8) is 0 Å². The first-order chi connectivity index (χ1) is 11.0. The molecule has 1 N–H and O–H groups in total. The molecule has 0 atom stereocenters. The van der Waals surface area contributed by atoms with E-state index in [1.54, 1.807) is 36.4 Å². The molecule has 0 amide bonds. The Balaban J connectivity index is 2.13. The van der Waals surface area contributed by atoms with E-state index in [9.17, 15) is 14.0 Å². The predicted molar refractivity (Wildman–Crippen MR) is 82.8 cm³/mol. The maximum Gasteiger partial charge on any atom is 0.323 e. The summed E-state index contributed by atoms with van der Waals surface area (Å²) in [6, 6.07) is 12.7. The van der Waals surface area contributed by atoms with E-state index in [-0.39, 0.29) is 17.9 Å². The molecule has 2 aromatic carbocycles. The van der Waals surface area contributed by atoms with Crippen molar-refractivity contribution in [2.75, 3.05) is 0 Å². The zero-order valence-electron chi connectivity index (χ0n) is 12.1. The van der Waals surface area contributed by atoms with E-state index >= 15 is 0 Å². The smallest absolute Gasteiger partial charge is 0.323 e. The number of rotatable bonds is 4. The topological polar surface area (TPSA) is 72.2 Å². The van der Waals surface area contributed by atoms with Crippen LogP contribution in [0.3, 0.4) is 0 Å². The molecule has 0 fully saturated rings. The number of benzene rings is 2. The van der Waals surface area contributed by atoms with Crippen LogP contribution in [0.5, 0.6) is 0 Å². The number of carboxylic acids is 1. The minimum Gasteiger partial charge on any atom is -0.480 e. The molecule has 116 valence electrons. The third-order valence-electron chi connectivity index (χ3n) is 3.50. The molecule has 3 aromatic rings. The van der Waals surface area contributed by atoms with Crippen LogP contribution in [0.4, 0.5) is 4.39 Å². The molecule has 5 nitrogen and oxygen atoms in total. The van der Waals surface area contributed by atoms with Crippen molar-refractivity contribution in [2.45, 2.75) is 13.0 Å². The van der Waals surface area contributed by atoms with Crippen LogP contribution in [0.15, 0.2) is 53.3 Å². The molecule has 0 saturated carbocycles. The van der Waals surface area contributed by atoms with Crippen LogP contribution in [-0.2, 0) is 17.8 Å². The van der Waals surface area contributed by atoms with Gasteiger partial charge in [-0.05, 0) is 29.8 Å². The average molecular weight is 312 g/mol. The molecule has 6 heteroatoms. The first-order valence-corrected chi connectivity index (χ1v) is 6.99. The molecule has 0 aliphatic carbocycles. The lowest BCUT2D eigenvalue weighted by Gasteiger charge is -2.10. The number of hydrogen-bond acceptors (Lipinski definition) is 3. The number of carboxylic acid groups (broad SMARTS) is 1. The van der Waals surface area contributed by atoms with Gasteiger partial charge in [0.2, 0.25) is 0 Å². The molecule has 0 aliphatic rings. The van der Waals surface area contributed by atoms with E-state index < -0.39 is 18.1 Å². The lowest BCUT2D eigenvalue weighted by Crippen LogP contribution is -2.28. The van der Waals surface area contributed by atoms with Gasteiger partial charge in [0.15, 0.2) is 0 Å². The highest BCUT2D eigenvalue weighted by Crippen LogP contribution is 2.12. The molecular formula is C17H13FN2O3. The minimum atomic E-state index is -1.10. The second kappa shape index (κ2) is 6.00. The van der Waals surface area contributed by atoms with Crippen LogP contribution in [0, 0.1) is 5.82 Å². The number of fused-ring (bicyclic) bond motifs is 1. The first kappa shape index (κ1) is 14.9. The van der Waals surface area contributed by atoms with Gasteiger partial charge in [0.1, 0.15) is 18.1 Å². The Morgan fingerprint density at radius 2 is 1.83 bits per heavy atom. The number of carbonyl (C=O) groups is 1. The predicted octanol–water partition coefficient (Wildman–Crippen LogP) is 2.21. The highest BCUT2D eigenvalue weighted by Gasteiger charge is 2.13. The Morgan fingerprint density at radius 1 is 1.13 bits per heavy atom. The summed E-state index contributed by atoms with van der Waals surface area (Å²) >= 11 is 0. The molecule has 23 heavy (non-hydrogen) atoms. The fourth-order valence-corrected chi connectivity index (χ4v) is 2.45. The maximum atomic E-state index is 13.0. The molecule has 0 aliphatic heterocycles. The number of aliphatic carboxylic acids is 1. The van der Waals surface area contributed by atoms with Crippen LogP contribution in [0.2, 0.25) is 0 Å². The van der Waals surface area contributed by atoms with Gasteiger partial charge in [0, 0.05) is 6.42 Å². The number of nitrogens with zero attached hydrogens (tertiary/aromatic N) is 2. The van der Waals surface area contributed by atoms with Crippen molar-refractivity contribution in [3.05, 3.63) is 76.0 Å². The summed E-state index contributed by atoms with van der Waals surface area (Å²) in [6.45, 7) is -0.432. The van der Waals surface area contributed by atoms with Gasteiger partial charge in [-0.1, -0.05) is 24.3 Å². The Morgan fingerprint density at radius 3 is 2.52 bits per heavy atom. The van der Waals surface area contributed by atoms with Crippen molar-refractivity contribution in [1.82, 2.24) is 9.55 Å². The number of halogens is 1. The van der Waals surface area contributed by atoms with E-state index in [1.807, 2.05) is 0 Å². The summed E-state index contributed by atoms with van der Waals surface area (Å²) in [7, 11) is 0. The van der Waals surface area contributed by atoms with Gasteiger partial charge in [-0.15, -0.1) is 0 Å². The van der Waals surface area contributed by atoms with Gasteiger partial charge in [0.25, 0.3) is 5.56 Å². The summed E-state index contributed by atoms with van der Waals surface area (Å²) in [5.74, 6) is -1.46. The lowest BCUT2D eigenvalue weighted by atomic mass is 10.1. The van der Waals surface area contributed by atoms with Crippen molar-refractivity contribution < 1.29 is 14.3 Å². The molecule has 0 unspecified atom stereocenters. The van der Waals surface area contributed by atoms with Gasteiger partial charge in [-0.2, -0.15) is 0 Å². The fraction of sp³-hybridized carbons (Fsp3) is 0.118. The van der Waals surface area contributed by atoms with Gasteiger partial charge in [-0.25, -0.2) is 9.37 Å². The Labute approximate surface area is 130 Å². The second-order valence-corrected chi connectivity index (χ2v) is 5.14. The van der Waals surface area contributed by atoms with E-state index in [4.69, 9.17) is 5.11 Å². The molecule has 0 spiro atoms. The van der Waals surface area contributed by atoms with E-state index in [0.717, 1.165) is 5.56 Å². The molecule has 1 aromatic heterocycles. The molecular weight excluding hydrogens is 299 g/mol. The zero-order chi connectivity index (χ0) is 16.4. The third kappa shape index (κ3) is 3.11. The van der Waals surface area contributed by atoms with Crippen LogP contribution in [0.1, 0.15) is 11.3 Å². The molecule has 0 saturated heterocycles. The van der Waals surface area contributed by atoms with Crippen molar-refractivity contribution in [3.8, 4) is 0 Å². The summed E-state index contributed by atoms with van der Waals surface area (Å²) in [5, 5.41) is 9.04. The standard InChI is InChI=1S/C17H13FN2O3/c18-12-7-5-11(6-8-12)9-14-17(23)20(10-16(21)22)15-4-2-1-3-13(15)19-14/h1-8H,9-10H2,(H,21,22). The van der Waals surface area contributed by atoms with Crippen molar-refractivity contribution >= 4 is 17.0 Å². The molecule has 3 rings (SSSR count). The van der Waals surface area contributed by atoms with E-state index in [1.165, 1.54) is 16.7 Å². The minimum absolute atomic E-state index is 0.212. The lowest BCUT2D eigenvalue weighted by molar-refractivity contribution is -0.137. The summed E-state index contributed by atoms with van der Waals surface area (Å²) in [5.41, 5.74) is 1.54. The van der Waals surface area contributed by atoms with Crippen LogP contribution >= 0.6 is 0 Å². The summed E-state index contributed by atoms with van der Waals surface area (Å²) in [4.78, 5) is 27.9. The van der Waals surface area contributed by atoms with Crippen LogP contribution in [0.25, 0.3) is 11.0 Å². The SMILES string of the molecule is O=C(O)Cn1c(=O)c(Cc2ccc(F)cc2)nc2ccccc21. The highest BCUT2D eigenvalue weighted by molar-refractivity contribution is 5.77. The third-order valence-corrected chi connectivity index (χ3v) is 3.50. The second-order valence-electron chi connectivity index (χ2n) is 5.14. The molecule has 0 bridgehead atoms. The van der Waals surface area contributed by atoms with Gasteiger partial charge >= 0.3 is 5.97 Å². The molecule has 1 heterocycles. The van der Waals surface area contributed by atoms with E-state index in [0.29, 0.717) is 11.0 Å². The van der Waals surface area contributed by atoms with Gasteiger partial charge < -0.3 is 5.11 Å². The number of aromatic nitrogens is 2. The summed E-state index contributed by atoms with van der Waals surface area (Å²) < 4.78 is 14.2. The quantitative estimate of drug-likeness (QED) is 0.801. The van der Waals surface area contributed by atoms with Gasteiger partial charge in [0.05, 0.1) is 11.0 Å². The fourth-order valence-electron chi connectivity index (χ4n) is 2.45.